The normalized spacial score (nSPS) is 14.6. The Balaban J connectivity index is 1.60. The van der Waals surface area contributed by atoms with E-state index in [4.69, 9.17) is 4.74 Å². The van der Waals surface area contributed by atoms with Crippen molar-refractivity contribution < 1.29 is 14.3 Å². The molecule has 1 aliphatic heterocycles. The maximum absolute atomic E-state index is 12.8. The van der Waals surface area contributed by atoms with E-state index in [0.29, 0.717) is 43.9 Å². The van der Waals surface area contributed by atoms with E-state index in [2.05, 4.69) is 6.92 Å². The number of ether oxygens (including phenoxy) is 1. The first kappa shape index (κ1) is 19.0. The minimum absolute atomic E-state index is 0.00560. The standard InChI is InChI=1S/C22H26N2O3/c1-2-17-27-20-11-9-19(10-12-20)22(26)24-14-6-13-23(15-16-24)21(25)18-7-4-3-5-8-18/h3-5,7-12H,2,6,13-17H2,1H3. The van der Waals surface area contributed by atoms with Gasteiger partial charge >= 0.3 is 0 Å². The molecule has 0 radical (unpaired) electrons. The molecule has 5 heteroatoms. The molecule has 27 heavy (non-hydrogen) atoms. The summed E-state index contributed by atoms with van der Waals surface area (Å²) < 4.78 is 5.57. The Morgan fingerprint density at radius 1 is 0.815 bits per heavy atom. The number of benzene rings is 2. The Hall–Kier alpha value is -2.82. The van der Waals surface area contributed by atoms with Crippen molar-refractivity contribution in [2.45, 2.75) is 19.8 Å². The maximum atomic E-state index is 12.8. The van der Waals surface area contributed by atoms with E-state index in [-0.39, 0.29) is 11.8 Å². The Morgan fingerprint density at radius 3 is 1.93 bits per heavy atom. The zero-order chi connectivity index (χ0) is 19.1. The molecule has 2 aromatic rings. The van der Waals surface area contributed by atoms with Gasteiger partial charge in [-0.05, 0) is 49.2 Å². The van der Waals surface area contributed by atoms with Gasteiger partial charge in [0.05, 0.1) is 6.61 Å². The summed E-state index contributed by atoms with van der Waals surface area (Å²) in [4.78, 5) is 29.1. The fourth-order valence-corrected chi connectivity index (χ4v) is 3.18. The molecule has 142 valence electrons. The molecular formula is C22H26N2O3. The molecule has 0 N–H and O–H groups in total. The van der Waals surface area contributed by atoms with Crippen LogP contribution in [0.4, 0.5) is 0 Å². The highest BCUT2D eigenvalue weighted by atomic mass is 16.5. The molecular weight excluding hydrogens is 340 g/mol. The molecule has 0 unspecified atom stereocenters. The lowest BCUT2D eigenvalue weighted by Gasteiger charge is -2.22. The molecule has 1 aliphatic rings. The Bertz CT molecular complexity index is 759. The van der Waals surface area contributed by atoms with E-state index in [0.717, 1.165) is 18.6 Å². The van der Waals surface area contributed by atoms with Gasteiger partial charge in [0.25, 0.3) is 11.8 Å². The summed E-state index contributed by atoms with van der Waals surface area (Å²) in [6.45, 7) is 5.16. The monoisotopic (exact) mass is 366 g/mol. The number of amides is 2. The lowest BCUT2D eigenvalue weighted by Crippen LogP contribution is -2.37. The third kappa shape index (κ3) is 4.88. The third-order valence-electron chi connectivity index (χ3n) is 4.67. The maximum Gasteiger partial charge on any atom is 0.253 e. The zero-order valence-corrected chi connectivity index (χ0v) is 15.8. The highest BCUT2D eigenvalue weighted by Gasteiger charge is 2.23. The smallest absolute Gasteiger partial charge is 0.253 e. The van der Waals surface area contributed by atoms with Gasteiger partial charge in [-0.2, -0.15) is 0 Å². The second-order valence-electron chi connectivity index (χ2n) is 6.68. The van der Waals surface area contributed by atoms with E-state index in [1.165, 1.54) is 0 Å². The fourth-order valence-electron chi connectivity index (χ4n) is 3.18. The van der Waals surface area contributed by atoms with E-state index in [9.17, 15) is 9.59 Å². The summed E-state index contributed by atoms with van der Waals surface area (Å²) in [6, 6.07) is 16.6. The highest BCUT2D eigenvalue weighted by molar-refractivity contribution is 5.95. The molecule has 1 saturated heterocycles. The molecule has 3 rings (SSSR count). The van der Waals surface area contributed by atoms with Crippen LogP contribution in [0.2, 0.25) is 0 Å². The van der Waals surface area contributed by atoms with Gasteiger partial charge in [-0.25, -0.2) is 0 Å². The summed E-state index contributed by atoms with van der Waals surface area (Å²) in [7, 11) is 0. The van der Waals surface area contributed by atoms with Crippen LogP contribution in [-0.4, -0.2) is 54.4 Å². The molecule has 5 nitrogen and oxygen atoms in total. The second kappa shape index (κ2) is 9.21. The summed E-state index contributed by atoms with van der Waals surface area (Å²) in [5.41, 5.74) is 1.35. The van der Waals surface area contributed by atoms with Gasteiger partial charge < -0.3 is 14.5 Å². The highest BCUT2D eigenvalue weighted by Crippen LogP contribution is 2.16. The Kier molecular flexibility index (Phi) is 6.47. The first-order valence-corrected chi connectivity index (χ1v) is 9.55. The Labute approximate surface area is 160 Å². The lowest BCUT2D eigenvalue weighted by atomic mass is 10.2. The minimum Gasteiger partial charge on any atom is -0.494 e. The number of nitrogens with zero attached hydrogens (tertiary/aromatic N) is 2. The molecule has 2 aromatic carbocycles. The van der Waals surface area contributed by atoms with Crippen molar-refractivity contribution in [3.63, 3.8) is 0 Å². The molecule has 0 spiro atoms. The van der Waals surface area contributed by atoms with Crippen LogP contribution >= 0.6 is 0 Å². The number of hydrogen-bond acceptors (Lipinski definition) is 3. The van der Waals surface area contributed by atoms with Crippen molar-refractivity contribution in [1.29, 1.82) is 0 Å². The number of carbonyl (C=O) groups is 2. The van der Waals surface area contributed by atoms with Crippen LogP contribution in [-0.2, 0) is 0 Å². The molecule has 1 fully saturated rings. The first-order chi connectivity index (χ1) is 13.2. The molecule has 1 heterocycles. The van der Waals surface area contributed by atoms with Crippen LogP contribution in [0.15, 0.2) is 54.6 Å². The lowest BCUT2D eigenvalue weighted by molar-refractivity contribution is 0.0718. The Morgan fingerprint density at radius 2 is 1.37 bits per heavy atom. The minimum atomic E-state index is 0.00560. The first-order valence-electron chi connectivity index (χ1n) is 9.55. The largest absolute Gasteiger partial charge is 0.494 e. The molecule has 0 bridgehead atoms. The van der Waals surface area contributed by atoms with Gasteiger partial charge in [0.15, 0.2) is 0 Å². The quantitative estimate of drug-likeness (QED) is 0.814. The third-order valence-corrected chi connectivity index (χ3v) is 4.67. The molecule has 0 atom stereocenters. The number of hydrogen-bond donors (Lipinski definition) is 0. The average Bonchev–Trinajstić information content (AvgIpc) is 2.98. The fraction of sp³-hybridized carbons (Fsp3) is 0.364. The van der Waals surface area contributed by atoms with Gasteiger partial charge in [0.1, 0.15) is 5.75 Å². The van der Waals surface area contributed by atoms with E-state index >= 15 is 0 Å². The molecule has 0 aliphatic carbocycles. The van der Waals surface area contributed by atoms with E-state index in [1.54, 1.807) is 0 Å². The van der Waals surface area contributed by atoms with E-state index in [1.807, 2.05) is 64.4 Å². The summed E-state index contributed by atoms with van der Waals surface area (Å²) >= 11 is 0. The van der Waals surface area contributed by atoms with Crippen molar-refractivity contribution in [2.24, 2.45) is 0 Å². The summed E-state index contributed by atoms with van der Waals surface area (Å²) in [5, 5.41) is 0. The predicted octanol–water partition coefficient (Wildman–Crippen LogP) is 3.46. The van der Waals surface area contributed by atoms with Gasteiger partial charge in [0.2, 0.25) is 0 Å². The second-order valence-corrected chi connectivity index (χ2v) is 6.68. The van der Waals surface area contributed by atoms with Crippen LogP contribution in [0.3, 0.4) is 0 Å². The van der Waals surface area contributed by atoms with Crippen molar-refractivity contribution in [3.05, 3.63) is 65.7 Å². The molecule has 0 aromatic heterocycles. The molecule has 0 saturated carbocycles. The van der Waals surface area contributed by atoms with Gasteiger partial charge in [-0.3, -0.25) is 9.59 Å². The van der Waals surface area contributed by atoms with Gasteiger partial charge in [-0.1, -0.05) is 25.1 Å². The topological polar surface area (TPSA) is 49.9 Å². The van der Waals surface area contributed by atoms with Crippen LogP contribution in [0, 0.1) is 0 Å². The summed E-state index contributed by atoms with van der Waals surface area (Å²) in [5.74, 6) is 0.817. The predicted molar refractivity (Wildman–Crippen MR) is 105 cm³/mol. The van der Waals surface area contributed by atoms with Gasteiger partial charge in [0, 0.05) is 37.3 Å². The van der Waals surface area contributed by atoms with Crippen molar-refractivity contribution in [1.82, 2.24) is 9.80 Å². The van der Waals surface area contributed by atoms with Crippen LogP contribution in [0.25, 0.3) is 0 Å². The SMILES string of the molecule is CCCOc1ccc(C(=O)N2CCCN(C(=O)c3ccccc3)CC2)cc1. The van der Waals surface area contributed by atoms with E-state index < -0.39 is 0 Å². The van der Waals surface area contributed by atoms with Crippen molar-refractivity contribution in [3.8, 4) is 5.75 Å². The van der Waals surface area contributed by atoms with Crippen LogP contribution < -0.4 is 4.74 Å². The molecule has 2 amide bonds. The van der Waals surface area contributed by atoms with Crippen LogP contribution in [0.1, 0.15) is 40.5 Å². The number of rotatable bonds is 5. The zero-order valence-electron chi connectivity index (χ0n) is 15.8. The van der Waals surface area contributed by atoms with Crippen molar-refractivity contribution in [2.75, 3.05) is 32.8 Å². The number of carbonyl (C=O) groups excluding carboxylic acids is 2. The summed E-state index contributed by atoms with van der Waals surface area (Å²) in [6.07, 6.45) is 1.73. The average molecular weight is 366 g/mol. The van der Waals surface area contributed by atoms with Crippen LogP contribution in [0.5, 0.6) is 5.75 Å². The van der Waals surface area contributed by atoms with Crippen molar-refractivity contribution >= 4 is 11.8 Å². The van der Waals surface area contributed by atoms with Gasteiger partial charge in [-0.15, -0.1) is 0 Å².